The number of ether oxygens (including phenoxy) is 1. The lowest BCUT2D eigenvalue weighted by Crippen LogP contribution is -2.24. The number of hydrogen-bond donors (Lipinski definition) is 3. The fourth-order valence-electron chi connectivity index (χ4n) is 1.63. The molecule has 0 saturated heterocycles. The SMILES string of the molecule is COc1cc(/C=N\NC(=O)Nc2ccc(Cl)cc2)ccc1O. The first kappa shape index (κ1) is 15.7. The molecule has 0 fully saturated rings. The number of aromatic hydroxyl groups is 1. The van der Waals surface area contributed by atoms with Gasteiger partial charge in [0.1, 0.15) is 0 Å². The Hall–Kier alpha value is -2.73. The molecular weight excluding hydrogens is 306 g/mol. The molecule has 0 atom stereocenters. The van der Waals surface area contributed by atoms with Gasteiger partial charge in [0.15, 0.2) is 11.5 Å². The summed E-state index contributed by atoms with van der Waals surface area (Å²) >= 11 is 5.76. The highest BCUT2D eigenvalue weighted by Crippen LogP contribution is 2.25. The summed E-state index contributed by atoms with van der Waals surface area (Å²) in [6.07, 6.45) is 1.43. The number of nitrogens with zero attached hydrogens (tertiary/aromatic N) is 1. The number of anilines is 1. The number of methoxy groups -OCH3 is 1. The van der Waals surface area contributed by atoms with E-state index in [0.29, 0.717) is 22.0 Å². The van der Waals surface area contributed by atoms with Gasteiger partial charge < -0.3 is 15.2 Å². The molecule has 3 N–H and O–H groups in total. The number of hydrazone groups is 1. The number of halogens is 1. The van der Waals surface area contributed by atoms with Crippen molar-refractivity contribution in [3.8, 4) is 11.5 Å². The highest BCUT2D eigenvalue weighted by atomic mass is 35.5. The van der Waals surface area contributed by atoms with E-state index >= 15 is 0 Å². The number of hydrogen-bond acceptors (Lipinski definition) is 4. The quantitative estimate of drug-likeness (QED) is 0.597. The number of urea groups is 1. The summed E-state index contributed by atoms with van der Waals surface area (Å²) in [5.74, 6) is 0.364. The maximum Gasteiger partial charge on any atom is 0.339 e. The molecule has 0 unspecified atom stereocenters. The molecule has 0 aliphatic rings. The molecule has 2 aromatic rings. The van der Waals surface area contributed by atoms with Crippen molar-refractivity contribution in [2.45, 2.75) is 0 Å². The van der Waals surface area contributed by atoms with Crippen LogP contribution in [0.15, 0.2) is 47.6 Å². The van der Waals surface area contributed by atoms with Gasteiger partial charge in [-0.25, -0.2) is 10.2 Å². The van der Waals surface area contributed by atoms with Crippen LogP contribution < -0.4 is 15.5 Å². The molecule has 114 valence electrons. The number of carbonyl (C=O) groups is 1. The first-order chi connectivity index (χ1) is 10.6. The predicted molar refractivity (Wildman–Crippen MR) is 85.9 cm³/mol. The molecule has 0 heterocycles. The second-order valence-corrected chi connectivity index (χ2v) is 4.70. The zero-order valence-electron chi connectivity index (χ0n) is 11.7. The second kappa shape index (κ2) is 7.33. The van der Waals surface area contributed by atoms with Gasteiger partial charge in [0.25, 0.3) is 0 Å². The normalized spacial score (nSPS) is 10.5. The van der Waals surface area contributed by atoms with Gasteiger partial charge in [-0.1, -0.05) is 11.6 Å². The monoisotopic (exact) mass is 319 g/mol. The van der Waals surface area contributed by atoms with E-state index in [9.17, 15) is 9.90 Å². The fourth-order valence-corrected chi connectivity index (χ4v) is 1.76. The van der Waals surface area contributed by atoms with Crippen molar-refractivity contribution in [2.24, 2.45) is 5.10 Å². The largest absolute Gasteiger partial charge is 0.504 e. The fraction of sp³-hybridized carbons (Fsp3) is 0.0667. The molecule has 0 aromatic heterocycles. The third-order valence-electron chi connectivity index (χ3n) is 2.69. The molecule has 0 aliphatic heterocycles. The molecule has 0 aliphatic carbocycles. The lowest BCUT2D eigenvalue weighted by atomic mass is 10.2. The van der Waals surface area contributed by atoms with E-state index < -0.39 is 6.03 Å². The molecule has 2 aromatic carbocycles. The smallest absolute Gasteiger partial charge is 0.339 e. The Morgan fingerprint density at radius 3 is 2.68 bits per heavy atom. The molecule has 0 radical (unpaired) electrons. The highest BCUT2D eigenvalue weighted by molar-refractivity contribution is 6.30. The van der Waals surface area contributed by atoms with Gasteiger partial charge >= 0.3 is 6.03 Å². The van der Waals surface area contributed by atoms with Crippen LogP contribution in [-0.2, 0) is 0 Å². The molecule has 22 heavy (non-hydrogen) atoms. The van der Waals surface area contributed by atoms with Crippen LogP contribution in [0.3, 0.4) is 0 Å². The standard InChI is InChI=1S/C15H14ClN3O3/c1-22-14-8-10(2-7-13(14)20)9-17-19-15(21)18-12-5-3-11(16)4-6-12/h2-9,20H,1H3,(H2,18,19,21)/b17-9-. The minimum Gasteiger partial charge on any atom is -0.504 e. The zero-order chi connectivity index (χ0) is 15.9. The van der Waals surface area contributed by atoms with Gasteiger partial charge in [-0.3, -0.25) is 0 Å². The van der Waals surface area contributed by atoms with Crippen molar-refractivity contribution < 1.29 is 14.6 Å². The number of phenolic OH excluding ortho intramolecular Hbond substituents is 1. The van der Waals surface area contributed by atoms with Gasteiger partial charge in [0, 0.05) is 10.7 Å². The van der Waals surface area contributed by atoms with Crippen molar-refractivity contribution in [2.75, 3.05) is 12.4 Å². The highest BCUT2D eigenvalue weighted by Gasteiger charge is 2.02. The number of nitrogens with one attached hydrogen (secondary N) is 2. The molecule has 0 spiro atoms. The van der Waals surface area contributed by atoms with Crippen molar-refractivity contribution in [3.63, 3.8) is 0 Å². The Kier molecular flexibility index (Phi) is 5.21. The van der Waals surface area contributed by atoms with Crippen LogP contribution in [0.1, 0.15) is 5.56 Å². The number of phenols is 1. The molecule has 6 nitrogen and oxygen atoms in total. The first-order valence-electron chi connectivity index (χ1n) is 6.31. The lowest BCUT2D eigenvalue weighted by molar-refractivity contribution is 0.252. The molecule has 2 amide bonds. The second-order valence-electron chi connectivity index (χ2n) is 4.26. The third kappa shape index (κ3) is 4.39. The summed E-state index contributed by atoms with van der Waals surface area (Å²) in [6.45, 7) is 0. The van der Waals surface area contributed by atoms with E-state index in [2.05, 4.69) is 15.8 Å². The Morgan fingerprint density at radius 2 is 2.00 bits per heavy atom. The summed E-state index contributed by atoms with van der Waals surface area (Å²) in [5, 5.41) is 16.5. The van der Waals surface area contributed by atoms with Gasteiger partial charge in [-0.15, -0.1) is 0 Å². The summed E-state index contributed by atoms with van der Waals surface area (Å²) in [7, 11) is 1.45. The van der Waals surface area contributed by atoms with Crippen LogP contribution in [-0.4, -0.2) is 24.5 Å². The van der Waals surface area contributed by atoms with Gasteiger partial charge in [-0.05, 0) is 48.0 Å². The minimum atomic E-state index is -0.482. The number of benzene rings is 2. The summed E-state index contributed by atoms with van der Waals surface area (Å²) in [4.78, 5) is 11.6. The summed E-state index contributed by atoms with van der Waals surface area (Å²) in [5.41, 5.74) is 3.60. The summed E-state index contributed by atoms with van der Waals surface area (Å²) in [6, 6.07) is 10.9. The van der Waals surface area contributed by atoms with E-state index in [1.54, 1.807) is 36.4 Å². The van der Waals surface area contributed by atoms with Crippen LogP contribution in [0.5, 0.6) is 11.5 Å². The minimum absolute atomic E-state index is 0.0353. The van der Waals surface area contributed by atoms with Gasteiger partial charge in [-0.2, -0.15) is 5.10 Å². The van der Waals surface area contributed by atoms with Crippen molar-refractivity contribution >= 4 is 29.5 Å². The molecule has 0 bridgehead atoms. The number of carbonyl (C=O) groups excluding carboxylic acids is 1. The Morgan fingerprint density at radius 1 is 1.27 bits per heavy atom. The Bertz CT molecular complexity index is 687. The number of rotatable bonds is 4. The summed E-state index contributed by atoms with van der Waals surface area (Å²) < 4.78 is 4.98. The third-order valence-corrected chi connectivity index (χ3v) is 2.94. The van der Waals surface area contributed by atoms with E-state index in [4.69, 9.17) is 16.3 Å². The van der Waals surface area contributed by atoms with Crippen LogP contribution >= 0.6 is 11.6 Å². The Labute approximate surface area is 132 Å². The first-order valence-corrected chi connectivity index (χ1v) is 6.69. The van der Waals surface area contributed by atoms with Gasteiger partial charge in [0.05, 0.1) is 13.3 Å². The van der Waals surface area contributed by atoms with Gasteiger partial charge in [0.2, 0.25) is 0 Å². The van der Waals surface area contributed by atoms with E-state index in [-0.39, 0.29) is 5.75 Å². The molecular formula is C15H14ClN3O3. The van der Waals surface area contributed by atoms with E-state index in [1.165, 1.54) is 19.4 Å². The van der Waals surface area contributed by atoms with Crippen molar-refractivity contribution in [1.29, 1.82) is 0 Å². The van der Waals surface area contributed by atoms with E-state index in [1.807, 2.05) is 0 Å². The molecule has 0 saturated carbocycles. The number of amides is 2. The van der Waals surface area contributed by atoms with Crippen LogP contribution in [0.2, 0.25) is 5.02 Å². The van der Waals surface area contributed by atoms with Crippen molar-refractivity contribution in [1.82, 2.24) is 5.43 Å². The van der Waals surface area contributed by atoms with Crippen LogP contribution in [0.25, 0.3) is 0 Å². The van der Waals surface area contributed by atoms with Crippen LogP contribution in [0, 0.1) is 0 Å². The van der Waals surface area contributed by atoms with E-state index in [0.717, 1.165) is 0 Å². The average molecular weight is 320 g/mol. The maximum absolute atomic E-state index is 11.6. The topological polar surface area (TPSA) is 83.0 Å². The predicted octanol–water partition coefficient (Wildman–Crippen LogP) is 3.21. The lowest BCUT2D eigenvalue weighted by Gasteiger charge is -2.05. The van der Waals surface area contributed by atoms with Crippen LogP contribution in [0.4, 0.5) is 10.5 Å². The molecule has 2 rings (SSSR count). The average Bonchev–Trinajstić information content (AvgIpc) is 2.51. The Balaban J connectivity index is 1.91. The molecule has 7 heteroatoms. The van der Waals surface area contributed by atoms with Crippen molar-refractivity contribution in [3.05, 3.63) is 53.1 Å². The maximum atomic E-state index is 11.6. The zero-order valence-corrected chi connectivity index (χ0v) is 12.5.